The lowest BCUT2D eigenvalue weighted by Gasteiger charge is -2.18. The smallest absolute Gasteiger partial charge is 0.261 e. The van der Waals surface area contributed by atoms with Gasteiger partial charge < -0.3 is 14.8 Å². The first-order chi connectivity index (χ1) is 12.9. The molecular formula is C23H31NO3. The summed E-state index contributed by atoms with van der Waals surface area (Å²) in [5.74, 6) is 1.88. The number of carbonyl (C=O) groups excluding carboxylic acids is 1. The van der Waals surface area contributed by atoms with Crippen LogP contribution in [-0.2, 0) is 4.79 Å². The minimum Gasteiger partial charge on any atom is -0.491 e. The maximum atomic E-state index is 12.4. The Morgan fingerprint density at radius 3 is 2.48 bits per heavy atom. The first-order valence-electron chi connectivity index (χ1n) is 9.65. The van der Waals surface area contributed by atoms with Gasteiger partial charge in [-0.05, 0) is 61.1 Å². The molecule has 0 aromatic heterocycles. The van der Waals surface area contributed by atoms with Crippen molar-refractivity contribution in [3.63, 3.8) is 0 Å². The van der Waals surface area contributed by atoms with Gasteiger partial charge in [0.25, 0.3) is 5.91 Å². The largest absolute Gasteiger partial charge is 0.491 e. The molecule has 1 unspecified atom stereocenters. The van der Waals surface area contributed by atoms with Crippen molar-refractivity contribution in [3.05, 3.63) is 59.2 Å². The van der Waals surface area contributed by atoms with Crippen LogP contribution in [0.15, 0.2) is 42.5 Å². The maximum Gasteiger partial charge on any atom is 0.261 e. The number of amides is 1. The van der Waals surface area contributed by atoms with E-state index in [2.05, 4.69) is 32.2 Å². The van der Waals surface area contributed by atoms with Crippen molar-refractivity contribution in [2.24, 2.45) is 0 Å². The van der Waals surface area contributed by atoms with E-state index in [1.807, 2.05) is 50.2 Å². The number of ether oxygens (including phenoxy) is 2. The Kier molecular flexibility index (Phi) is 7.71. The average molecular weight is 370 g/mol. The fraction of sp³-hybridized carbons (Fsp3) is 0.435. The lowest BCUT2D eigenvalue weighted by Crippen LogP contribution is -2.39. The number of aryl methyl sites for hydroxylation is 2. The standard InChI is InChI=1S/C23H31NO3/c1-6-21(27-19-12-11-17(4)18(5)15-19)23(25)24-13-14-26-22-10-8-7-9-20(22)16(2)3/h7-12,15-16,21H,6,13-14H2,1-5H3,(H,24,25). The molecule has 1 N–H and O–H groups in total. The lowest BCUT2D eigenvalue weighted by molar-refractivity contribution is -0.128. The Balaban J connectivity index is 1.84. The second-order valence-corrected chi connectivity index (χ2v) is 7.09. The molecule has 0 radical (unpaired) electrons. The van der Waals surface area contributed by atoms with Gasteiger partial charge in [-0.15, -0.1) is 0 Å². The Bertz CT molecular complexity index is 755. The molecule has 1 atom stereocenters. The average Bonchev–Trinajstić information content (AvgIpc) is 2.66. The van der Waals surface area contributed by atoms with Gasteiger partial charge in [0.15, 0.2) is 6.10 Å². The molecule has 1 amide bonds. The molecular weight excluding hydrogens is 338 g/mol. The lowest BCUT2D eigenvalue weighted by atomic mass is 10.0. The third kappa shape index (κ3) is 6.02. The molecule has 0 spiro atoms. The van der Waals surface area contributed by atoms with Crippen LogP contribution in [0.25, 0.3) is 0 Å². The zero-order valence-corrected chi connectivity index (χ0v) is 17.0. The van der Waals surface area contributed by atoms with Crippen molar-refractivity contribution in [2.75, 3.05) is 13.2 Å². The minimum atomic E-state index is -0.505. The SMILES string of the molecule is CCC(Oc1ccc(C)c(C)c1)C(=O)NCCOc1ccccc1C(C)C. The highest BCUT2D eigenvalue weighted by molar-refractivity contribution is 5.81. The molecule has 0 saturated carbocycles. The number of nitrogens with one attached hydrogen (secondary N) is 1. The molecule has 0 aliphatic rings. The van der Waals surface area contributed by atoms with E-state index in [1.165, 1.54) is 11.1 Å². The van der Waals surface area contributed by atoms with Crippen LogP contribution in [0.3, 0.4) is 0 Å². The molecule has 146 valence electrons. The molecule has 0 saturated heterocycles. The third-order valence-corrected chi connectivity index (χ3v) is 4.62. The molecule has 4 nitrogen and oxygen atoms in total. The zero-order chi connectivity index (χ0) is 19.8. The van der Waals surface area contributed by atoms with E-state index in [9.17, 15) is 4.79 Å². The molecule has 4 heteroatoms. The number of carbonyl (C=O) groups is 1. The summed E-state index contributed by atoms with van der Waals surface area (Å²) in [5, 5.41) is 2.91. The van der Waals surface area contributed by atoms with Crippen LogP contribution >= 0.6 is 0 Å². The summed E-state index contributed by atoms with van der Waals surface area (Å²) in [6.45, 7) is 11.2. The third-order valence-electron chi connectivity index (χ3n) is 4.62. The molecule has 0 aliphatic carbocycles. The van der Waals surface area contributed by atoms with Crippen LogP contribution in [0.4, 0.5) is 0 Å². The fourth-order valence-corrected chi connectivity index (χ4v) is 2.81. The number of hydrogen-bond donors (Lipinski definition) is 1. The number of para-hydroxylation sites is 1. The zero-order valence-electron chi connectivity index (χ0n) is 17.0. The highest BCUT2D eigenvalue weighted by Crippen LogP contribution is 2.25. The fourth-order valence-electron chi connectivity index (χ4n) is 2.81. The van der Waals surface area contributed by atoms with Gasteiger partial charge in [-0.1, -0.05) is 45.0 Å². The van der Waals surface area contributed by atoms with Gasteiger partial charge in [0.1, 0.15) is 18.1 Å². The van der Waals surface area contributed by atoms with Gasteiger partial charge in [-0.25, -0.2) is 0 Å². The van der Waals surface area contributed by atoms with Crippen LogP contribution in [0, 0.1) is 13.8 Å². The van der Waals surface area contributed by atoms with Gasteiger partial charge in [0.05, 0.1) is 6.54 Å². The van der Waals surface area contributed by atoms with Crippen molar-refractivity contribution in [1.29, 1.82) is 0 Å². The Morgan fingerprint density at radius 2 is 1.81 bits per heavy atom. The summed E-state index contributed by atoms with van der Waals surface area (Å²) < 4.78 is 11.7. The van der Waals surface area contributed by atoms with Gasteiger partial charge in [0, 0.05) is 0 Å². The molecule has 0 aliphatic heterocycles. The van der Waals surface area contributed by atoms with Gasteiger partial charge in [0.2, 0.25) is 0 Å². The molecule has 0 bridgehead atoms. The summed E-state index contributed by atoms with van der Waals surface area (Å²) in [4.78, 5) is 12.4. The van der Waals surface area contributed by atoms with Crippen LogP contribution in [0.5, 0.6) is 11.5 Å². The quantitative estimate of drug-likeness (QED) is 0.647. The highest BCUT2D eigenvalue weighted by Gasteiger charge is 2.18. The first-order valence-corrected chi connectivity index (χ1v) is 9.65. The maximum absolute atomic E-state index is 12.4. The normalized spacial score (nSPS) is 11.9. The van der Waals surface area contributed by atoms with Crippen LogP contribution in [0.1, 0.15) is 49.8 Å². The van der Waals surface area contributed by atoms with E-state index in [0.717, 1.165) is 17.1 Å². The van der Waals surface area contributed by atoms with E-state index in [1.54, 1.807) is 0 Å². The predicted molar refractivity (Wildman–Crippen MR) is 110 cm³/mol. The van der Waals surface area contributed by atoms with E-state index in [-0.39, 0.29) is 5.91 Å². The summed E-state index contributed by atoms with van der Waals surface area (Å²) >= 11 is 0. The Morgan fingerprint density at radius 1 is 1.07 bits per heavy atom. The summed E-state index contributed by atoms with van der Waals surface area (Å²) in [7, 11) is 0. The number of hydrogen-bond acceptors (Lipinski definition) is 3. The van der Waals surface area contributed by atoms with Crippen molar-refractivity contribution in [3.8, 4) is 11.5 Å². The van der Waals surface area contributed by atoms with Crippen LogP contribution in [-0.4, -0.2) is 25.2 Å². The molecule has 0 fully saturated rings. The monoisotopic (exact) mass is 369 g/mol. The van der Waals surface area contributed by atoms with Crippen LogP contribution < -0.4 is 14.8 Å². The predicted octanol–water partition coefficient (Wildman–Crippen LogP) is 4.78. The Hall–Kier alpha value is -2.49. The molecule has 2 rings (SSSR count). The van der Waals surface area contributed by atoms with Gasteiger partial charge in [-0.3, -0.25) is 4.79 Å². The topological polar surface area (TPSA) is 47.6 Å². The summed E-state index contributed by atoms with van der Waals surface area (Å²) in [5.41, 5.74) is 3.53. The second kappa shape index (κ2) is 10.0. The molecule has 0 heterocycles. The van der Waals surface area contributed by atoms with Crippen molar-refractivity contribution in [2.45, 2.75) is 53.1 Å². The highest BCUT2D eigenvalue weighted by atomic mass is 16.5. The molecule has 2 aromatic rings. The van der Waals surface area contributed by atoms with Gasteiger partial charge >= 0.3 is 0 Å². The second-order valence-electron chi connectivity index (χ2n) is 7.09. The van der Waals surface area contributed by atoms with E-state index in [4.69, 9.17) is 9.47 Å². The Labute approximate surface area is 162 Å². The summed E-state index contributed by atoms with van der Waals surface area (Å²) in [6.07, 6.45) is 0.102. The van der Waals surface area contributed by atoms with Gasteiger partial charge in [-0.2, -0.15) is 0 Å². The van der Waals surface area contributed by atoms with E-state index in [0.29, 0.717) is 25.5 Å². The molecule has 2 aromatic carbocycles. The van der Waals surface area contributed by atoms with E-state index < -0.39 is 6.10 Å². The minimum absolute atomic E-state index is 0.114. The van der Waals surface area contributed by atoms with Crippen molar-refractivity contribution >= 4 is 5.91 Å². The van der Waals surface area contributed by atoms with E-state index >= 15 is 0 Å². The number of benzene rings is 2. The van der Waals surface area contributed by atoms with Crippen molar-refractivity contribution < 1.29 is 14.3 Å². The number of rotatable bonds is 9. The summed E-state index contributed by atoms with van der Waals surface area (Å²) in [6, 6.07) is 13.9. The first kappa shape index (κ1) is 20.8. The van der Waals surface area contributed by atoms with Crippen molar-refractivity contribution in [1.82, 2.24) is 5.32 Å². The van der Waals surface area contributed by atoms with Crippen LogP contribution in [0.2, 0.25) is 0 Å². The molecule has 27 heavy (non-hydrogen) atoms.